The fourth-order valence-electron chi connectivity index (χ4n) is 4.05. The maximum absolute atomic E-state index is 3.57. The summed E-state index contributed by atoms with van der Waals surface area (Å²) in [4.78, 5) is 2.83. The molecule has 0 aromatic carbocycles. The first-order valence-corrected chi connectivity index (χ1v) is 8.26. The molecule has 0 radical (unpaired) electrons. The molecule has 0 aromatic rings. The van der Waals surface area contributed by atoms with Crippen molar-refractivity contribution in [3.05, 3.63) is 0 Å². The van der Waals surface area contributed by atoms with Crippen molar-refractivity contribution < 1.29 is 0 Å². The van der Waals surface area contributed by atoms with Gasteiger partial charge in [-0.3, -0.25) is 0 Å². The van der Waals surface area contributed by atoms with Gasteiger partial charge in [0.2, 0.25) is 0 Å². The molecule has 2 fully saturated rings. The second-order valence-electron chi connectivity index (χ2n) is 6.35. The first kappa shape index (κ1) is 14.3. The number of hydrogen-bond donors (Lipinski definition) is 1. The SMILES string of the molecule is CCC1CCCCCN1CC1CCCCC1NC. The molecule has 1 saturated heterocycles. The first-order chi connectivity index (χ1) is 8.85. The summed E-state index contributed by atoms with van der Waals surface area (Å²) in [7, 11) is 2.16. The van der Waals surface area contributed by atoms with Crippen LogP contribution in [0, 0.1) is 5.92 Å². The smallest absolute Gasteiger partial charge is 0.0104 e. The molecule has 1 aliphatic heterocycles. The summed E-state index contributed by atoms with van der Waals surface area (Å²) < 4.78 is 0. The predicted octanol–water partition coefficient (Wildman–Crippen LogP) is 3.42. The van der Waals surface area contributed by atoms with Gasteiger partial charge in [-0.1, -0.05) is 32.6 Å². The number of hydrogen-bond acceptors (Lipinski definition) is 2. The highest BCUT2D eigenvalue weighted by atomic mass is 15.2. The number of nitrogens with one attached hydrogen (secondary N) is 1. The number of nitrogens with zero attached hydrogens (tertiary/aromatic N) is 1. The predicted molar refractivity (Wildman–Crippen MR) is 78.9 cm³/mol. The van der Waals surface area contributed by atoms with E-state index in [1.165, 1.54) is 70.9 Å². The largest absolute Gasteiger partial charge is 0.317 e. The van der Waals surface area contributed by atoms with E-state index in [9.17, 15) is 0 Å². The van der Waals surface area contributed by atoms with E-state index in [-0.39, 0.29) is 0 Å². The second kappa shape index (κ2) is 7.49. The highest BCUT2D eigenvalue weighted by Crippen LogP contribution is 2.28. The summed E-state index contributed by atoms with van der Waals surface area (Å²) in [5.74, 6) is 0.899. The Kier molecular flexibility index (Phi) is 5.97. The van der Waals surface area contributed by atoms with E-state index in [1.54, 1.807) is 0 Å². The summed E-state index contributed by atoms with van der Waals surface area (Å²) in [5.41, 5.74) is 0. The molecule has 2 rings (SSSR count). The molecule has 106 valence electrons. The highest BCUT2D eigenvalue weighted by molar-refractivity contribution is 4.85. The maximum Gasteiger partial charge on any atom is 0.0104 e. The van der Waals surface area contributed by atoms with Crippen molar-refractivity contribution in [1.29, 1.82) is 0 Å². The van der Waals surface area contributed by atoms with Crippen molar-refractivity contribution in [3.8, 4) is 0 Å². The molecule has 2 heteroatoms. The average Bonchev–Trinajstić information content (AvgIpc) is 2.64. The lowest BCUT2D eigenvalue weighted by molar-refractivity contribution is 0.130. The van der Waals surface area contributed by atoms with E-state index < -0.39 is 0 Å². The number of likely N-dealkylation sites (tertiary alicyclic amines) is 1. The molecule has 2 aliphatic rings. The van der Waals surface area contributed by atoms with Crippen LogP contribution in [-0.2, 0) is 0 Å². The van der Waals surface area contributed by atoms with Crippen LogP contribution in [-0.4, -0.2) is 37.1 Å². The topological polar surface area (TPSA) is 15.3 Å². The molecule has 0 amide bonds. The Bertz CT molecular complexity index is 229. The summed E-state index contributed by atoms with van der Waals surface area (Å²) in [6.45, 7) is 5.08. The number of rotatable bonds is 4. The minimum atomic E-state index is 0.777. The minimum absolute atomic E-state index is 0.777. The van der Waals surface area contributed by atoms with Gasteiger partial charge in [-0.25, -0.2) is 0 Å². The van der Waals surface area contributed by atoms with Crippen LogP contribution >= 0.6 is 0 Å². The van der Waals surface area contributed by atoms with Gasteiger partial charge in [-0.15, -0.1) is 0 Å². The van der Waals surface area contributed by atoms with Crippen LogP contribution < -0.4 is 5.32 Å². The van der Waals surface area contributed by atoms with Gasteiger partial charge in [-0.2, -0.15) is 0 Å². The summed E-state index contributed by atoms with van der Waals surface area (Å²) >= 11 is 0. The van der Waals surface area contributed by atoms with Gasteiger partial charge in [-0.05, 0) is 51.6 Å². The normalized spacial score (nSPS) is 35.3. The van der Waals surface area contributed by atoms with Crippen molar-refractivity contribution in [2.75, 3.05) is 20.1 Å². The molecule has 1 aliphatic carbocycles. The van der Waals surface area contributed by atoms with Crippen molar-refractivity contribution in [2.45, 2.75) is 76.8 Å². The molecular formula is C16H32N2. The molecule has 1 N–H and O–H groups in total. The third kappa shape index (κ3) is 3.71. The average molecular weight is 252 g/mol. The van der Waals surface area contributed by atoms with E-state index in [2.05, 4.69) is 24.2 Å². The zero-order chi connectivity index (χ0) is 12.8. The molecule has 0 aromatic heterocycles. The van der Waals surface area contributed by atoms with Crippen LogP contribution in [0.25, 0.3) is 0 Å². The Morgan fingerprint density at radius 1 is 1.00 bits per heavy atom. The van der Waals surface area contributed by atoms with Crippen LogP contribution in [0.2, 0.25) is 0 Å². The van der Waals surface area contributed by atoms with Gasteiger partial charge in [0.05, 0.1) is 0 Å². The zero-order valence-electron chi connectivity index (χ0n) is 12.5. The van der Waals surface area contributed by atoms with Crippen LogP contribution in [0.3, 0.4) is 0 Å². The molecule has 3 unspecified atom stereocenters. The van der Waals surface area contributed by atoms with Gasteiger partial charge in [0, 0.05) is 18.6 Å². The monoisotopic (exact) mass is 252 g/mol. The maximum atomic E-state index is 3.57. The lowest BCUT2D eigenvalue weighted by atomic mass is 9.84. The van der Waals surface area contributed by atoms with Gasteiger partial charge < -0.3 is 10.2 Å². The highest BCUT2D eigenvalue weighted by Gasteiger charge is 2.28. The van der Waals surface area contributed by atoms with Crippen LogP contribution in [0.1, 0.15) is 64.7 Å². The molecular weight excluding hydrogens is 220 g/mol. The Hall–Kier alpha value is -0.0800. The lowest BCUT2D eigenvalue weighted by Gasteiger charge is -2.38. The Morgan fingerprint density at radius 3 is 2.56 bits per heavy atom. The lowest BCUT2D eigenvalue weighted by Crippen LogP contribution is -2.45. The molecule has 2 nitrogen and oxygen atoms in total. The van der Waals surface area contributed by atoms with Crippen molar-refractivity contribution in [3.63, 3.8) is 0 Å². The standard InChI is InChI=1S/C16H32N2/c1-3-15-10-5-4-8-12-18(15)13-14-9-6-7-11-16(14)17-2/h14-17H,3-13H2,1-2H3. The van der Waals surface area contributed by atoms with Gasteiger partial charge >= 0.3 is 0 Å². The van der Waals surface area contributed by atoms with Crippen LogP contribution in [0.15, 0.2) is 0 Å². The van der Waals surface area contributed by atoms with E-state index in [4.69, 9.17) is 0 Å². The minimum Gasteiger partial charge on any atom is -0.317 e. The summed E-state index contributed by atoms with van der Waals surface area (Å²) in [6, 6.07) is 1.64. The fourth-order valence-corrected chi connectivity index (χ4v) is 4.05. The quantitative estimate of drug-likeness (QED) is 0.825. The van der Waals surface area contributed by atoms with Crippen molar-refractivity contribution in [2.24, 2.45) is 5.92 Å². The van der Waals surface area contributed by atoms with E-state index in [1.807, 2.05) is 0 Å². The molecule has 0 bridgehead atoms. The van der Waals surface area contributed by atoms with Gasteiger partial charge in [0.1, 0.15) is 0 Å². The van der Waals surface area contributed by atoms with E-state index >= 15 is 0 Å². The Labute approximate surface area is 114 Å². The van der Waals surface area contributed by atoms with Crippen molar-refractivity contribution in [1.82, 2.24) is 10.2 Å². The summed E-state index contributed by atoms with van der Waals surface area (Å²) in [5, 5.41) is 3.57. The van der Waals surface area contributed by atoms with Crippen molar-refractivity contribution >= 4 is 0 Å². The fraction of sp³-hybridized carbons (Fsp3) is 1.00. The third-order valence-electron chi connectivity index (χ3n) is 5.22. The van der Waals surface area contributed by atoms with E-state index in [0.717, 1.165) is 18.0 Å². The third-order valence-corrected chi connectivity index (χ3v) is 5.22. The molecule has 18 heavy (non-hydrogen) atoms. The zero-order valence-corrected chi connectivity index (χ0v) is 12.5. The van der Waals surface area contributed by atoms with E-state index in [0.29, 0.717) is 0 Å². The van der Waals surface area contributed by atoms with Crippen LogP contribution in [0.4, 0.5) is 0 Å². The molecule has 0 spiro atoms. The molecule has 3 atom stereocenters. The Morgan fingerprint density at radius 2 is 1.78 bits per heavy atom. The summed E-state index contributed by atoms with van der Waals surface area (Å²) in [6.07, 6.45) is 12.8. The van der Waals surface area contributed by atoms with Gasteiger partial charge in [0.25, 0.3) is 0 Å². The van der Waals surface area contributed by atoms with Gasteiger partial charge in [0.15, 0.2) is 0 Å². The second-order valence-corrected chi connectivity index (χ2v) is 6.35. The molecule has 1 saturated carbocycles. The van der Waals surface area contributed by atoms with Crippen LogP contribution in [0.5, 0.6) is 0 Å². The Balaban J connectivity index is 1.91. The molecule has 1 heterocycles. The first-order valence-electron chi connectivity index (χ1n) is 8.26.